The Kier molecular flexibility index (Phi) is 20.9. The molecule has 2 aliphatic rings. The highest BCUT2D eigenvalue weighted by Crippen LogP contribution is 2.35. The van der Waals surface area contributed by atoms with Crippen LogP contribution < -0.4 is 32.3 Å². The maximum Gasteiger partial charge on any atom is 0.251 e. The number of carbonyl (C=O) groups is 4. The second-order valence-electron chi connectivity index (χ2n) is 18.0. The molecule has 77 heavy (non-hydrogen) atoms. The molecule has 400 valence electrons. The zero-order chi connectivity index (χ0) is 52.8. The van der Waals surface area contributed by atoms with E-state index in [2.05, 4.69) is 59.7 Å². The van der Waals surface area contributed by atoms with Gasteiger partial charge in [-0.2, -0.15) is 0 Å². The molecule has 3 amide bonds. The topological polar surface area (TPSA) is 238 Å². The average Bonchev–Trinajstić information content (AvgIpc) is 4.11. The summed E-state index contributed by atoms with van der Waals surface area (Å²) in [7, 11) is 0. The number of aromatic amines is 2. The lowest BCUT2D eigenvalue weighted by Crippen LogP contribution is -2.42. The van der Waals surface area contributed by atoms with E-state index in [4.69, 9.17) is 50.5 Å². The third-order valence-corrected chi connectivity index (χ3v) is 13.5. The standard InChI is InChI=1S/C28H27ClN6O2.C25H25ClN6O.C3H3ClO.2CH4/c1-2-25(36)32-18-12-10-17(11-13-18)27(37)33-19-6-5-7-20(14-19)34-28-31-16-23(29)26(35-28)22-15-30-24-9-4-3-8-21(22)24;26-21-14-29-25(32-23(21)20-13-28-22-7-2-1-6-19(20)22)31-18-5-3-4-17(12-18)30-24(33)15-8-10-16(27)11-9-15;1-2-3(4)5;;/h2-4,8-13,15-16,19-20,30H,1,5-7,14H2,(H,32,36)(H,33,37)(H,31,34,35);1-2,6-11,13-14,17-18,28H,3-5,12,27H2,(H,30,33)(H,29,31,32);2H,1H2;2*1H4/t19-,20+;17-,18+;;;/m00.../s1. The predicted molar refractivity (Wildman–Crippen MR) is 314 cm³/mol. The number of hydrogen-bond donors (Lipinski definition) is 8. The van der Waals surface area contributed by atoms with Crippen LogP contribution in [0.4, 0.5) is 23.3 Å². The van der Waals surface area contributed by atoms with Crippen molar-refractivity contribution in [2.75, 3.05) is 21.7 Å². The monoisotopic (exact) mass is 1100 g/mol. The van der Waals surface area contributed by atoms with Crippen LogP contribution in [0.3, 0.4) is 0 Å². The Morgan fingerprint density at radius 3 is 1.44 bits per heavy atom. The Balaban J connectivity index is 0.000000225. The molecular formula is C58H63Cl3N12O4. The quantitative estimate of drug-likeness (QED) is 0.0307. The Labute approximate surface area is 463 Å². The predicted octanol–water partition coefficient (Wildman–Crippen LogP) is 12.8. The van der Waals surface area contributed by atoms with E-state index in [0.29, 0.717) is 55.8 Å². The number of nitrogens with two attached hydrogens (primary N) is 1. The lowest BCUT2D eigenvalue weighted by atomic mass is 9.91. The van der Waals surface area contributed by atoms with Gasteiger partial charge in [0.05, 0.1) is 33.8 Å². The van der Waals surface area contributed by atoms with Gasteiger partial charge in [-0.25, -0.2) is 19.9 Å². The largest absolute Gasteiger partial charge is 0.399 e. The first kappa shape index (κ1) is 58.2. The Hall–Kier alpha value is -8.05. The van der Waals surface area contributed by atoms with E-state index < -0.39 is 5.24 Å². The van der Waals surface area contributed by atoms with Crippen LogP contribution in [0.1, 0.15) is 86.9 Å². The molecule has 0 aliphatic heterocycles. The second kappa shape index (κ2) is 27.7. The molecule has 8 aromatic rings. The van der Waals surface area contributed by atoms with Crippen molar-refractivity contribution < 1.29 is 19.2 Å². The van der Waals surface area contributed by atoms with Crippen molar-refractivity contribution in [3.8, 4) is 22.5 Å². The minimum atomic E-state index is -0.509. The van der Waals surface area contributed by atoms with Gasteiger partial charge in [0.2, 0.25) is 23.0 Å². The van der Waals surface area contributed by atoms with Crippen molar-refractivity contribution in [1.82, 2.24) is 40.5 Å². The molecular weight excluding hydrogens is 1040 g/mol. The number of nitrogens with zero attached hydrogens (tertiary/aromatic N) is 4. The molecule has 0 unspecified atom stereocenters. The van der Waals surface area contributed by atoms with Crippen LogP contribution in [-0.4, -0.2) is 77.0 Å². The third kappa shape index (κ3) is 15.5. The van der Waals surface area contributed by atoms with Gasteiger partial charge in [-0.05, 0) is 136 Å². The molecule has 4 aromatic heterocycles. The van der Waals surface area contributed by atoms with Gasteiger partial charge in [0.15, 0.2) is 0 Å². The molecule has 9 N–H and O–H groups in total. The molecule has 16 nitrogen and oxygen atoms in total. The highest BCUT2D eigenvalue weighted by Gasteiger charge is 2.27. The fraction of sp³-hybridized carbons (Fsp3) is 0.241. The molecule has 2 fully saturated rings. The number of H-pyrrole nitrogens is 2. The molecule has 4 aromatic carbocycles. The fourth-order valence-corrected chi connectivity index (χ4v) is 9.51. The number of hydrogen-bond acceptors (Lipinski definition) is 11. The van der Waals surface area contributed by atoms with Gasteiger partial charge in [0, 0.05) is 92.0 Å². The minimum absolute atomic E-state index is 0. The summed E-state index contributed by atoms with van der Waals surface area (Å²) in [5, 5.41) is 18.4. The molecule has 0 saturated heterocycles. The van der Waals surface area contributed by atoms with E-state index in [-0.39, 0.29) is 56.7 Å². The van der Waals surface area contributed by atoms with E-state index in [1.165, 1.54) is 6.08 Å². The first-order valence-electron chi connectivity index (χ1n) is 24.4. The van der Waals surface area contributed by atoms with E-state index in [1.54, 1.807) is 60.9 Å². The highest BCUT2D eigenvalue weighted by atomic mass is 35.5. The first-order valence-corrected chi connectivity index (χ1v) is 25.5. The number of aromatic nitrogens is 6. The fourth-order valence-electron chi connectivity index (χ4n) is 9.13. The number of carbonyl (C=O) groups excluding carboxylic acids is 4. The zero-order valence-electron chi connectivity index (χ0n) is 40.7. The first-order chi connectivity index (χ1) is 36.3. The molecule has 10 rings (SSSR count). The highest BCUT2D eigenvalue weighted by molar-refractivity contribution is 6.66. The lowest BCUT2D eigenvalue weighted by molar-refractivity contribution is -0.112. The number of fused-ring (bicyclic) bond motifs is 2. The smallest absolute Gasteiger partial charge is 0.251 e. The molecule has 0 spiro atoms. The number of nitrogens with one attached hydrogen (secondary N) is 7. The van der Waals surface area contributed by atoms with Crippen molar-refractivity contribution in [3.63, 3.8) is 0 Å². The summed E-state index contributed by atoms with van der Waals surface area (Å²) in [6, 6.07) is 30.2. The zero-order valence-corrected chi connectivity index (χ0v) is 43.0. The summed E-state index contributed by atoms with van der Waals surface area (Å²) in [5.74, 6) is 0.534. The number of allylic oxidation sites excluding steroid dienone is 1. The van der Waals surface area contributed by atoms with Crippen LogP contribution in [0.5, 0.6) is 0 Å². The van der Waals surface area contributed by atoms with Gasteiger partial charge in [0.25, 0.3) is 11.8 Å². The second-order valence-corrected chi connectivity index (χ2v) is 19.2. The summed E-state index contributed by atoms with van der Waals surface area (Å²) >= 11 is 17.6. The summed E-state index contributed by atoms with van der Waals surface area (Å²) in [6.07, 6.45) is 16.7. The SMILES string of the molecule is C.C.C=CC(=O)Cl.C=CC(=O)Nc1ccc(C(=O)N[C@H]2CCC[C@@H](Nc3ncc(Cl)c(-c4c[nH]c5ccccc45)n3)C2)cc1.Nc1ccc(C(=O)N[C@H]2CCC[C@@H](Nc3ncc(Cl)c(-c4c[nH]c5ccccc45)n3)C2)cc1. The number of para-hydroxylation sites is 2. The molecule has 0 radical (unpaired) electrons. The average molecular weight is 1100 g/mol. The van der Waals surface area contributed by atoms with Crippen LogP contribution in [0.25, 0.3) is 44.3 Å². The van der Waals surface area contributed by atoms with Crippen LogP contribution in [-0.2, 0) is 9.59 Å². The van der Waals surface area contributed by atoms with Crippen LogP contribution in [0.15, 0.2) is 147 Å². The summed E-state index contributed by atoms with van der Waals surface area (Å²) < 4.78 is 0. The molecule has 0 bridgehead atoms. The van der Waals surface area contributed by atoms with Gasteiger partial charge < -0.3 is 42.3 Å². The van der Waals surface area contributed by atoms with Crippen molar-refractivity contribution >= 4 is 103 Å². The third-order valence-electron chi connectivity index (χ3n) is 12.8. The van der Waals surface area contributed by atoms with E-state index in [1.807, 2.05) is 60.9 Å². The number of rotatable bonds is 13. The maximum atomic E-state index is 12.8. The van der Waals surface area contributed by atoms with Gasteiger partial charge >= 0.3 is 0 Å². The van der Waals surface area contributed by atoms with Crippen LogP contribution >= 0.6 is 34.8 Å². The van der Waals surface area contributed by atoms with Crippen LogP contribution in [0.2, 0.25) is 10.0 Å². The van der Waals surface area contributed by atoms with Crippen molar-refractivity contribution in [2.24, 2.45) is 0 Å². The van der Waals surface area contributed by atoms with Crippen LogP contribution in [0, 0.1) is 0 Å². The number of nitrogen functional groups attached to an aromatic ring is 1. The summed E-state index contributed by atoms with van der Waals surface area (Å²) in [6.45, 7) is 6.51. The van der Waals surface area contributed by atoms with Crippen molar-refractivity contribution in [3.05, 3.63) is 168 Å². The number of benzene rings is 4. The Morgan fingerprint density at radius 1 is 0.597 bits per heavy atom. The van der Waals surface area contributed by atoms with E-state index >= 15 is 0 Å². The van der Waals surface area contributed by atoms with E-state index in [0.717, 1.165) is 90.4 Å². The van der Waals surface area contributed by atoms with Crippen molar-refractivity contribution in [1.29, 1.82) is 0 Å². The number of halogens is 3. The molecule has 2 aliphatic carbocycles. The maximum absolute atomic E-state index is 12.8. The summed E-state index contributed by atoms with van der Waals surface area (Å²) in [4.78, 5) is 71.1. The molecule has 4 heterocycles. The number of anilines is 4. The Morgan fingerprint density at radius 2 is 1.01 bits per heavy atom. The Bertz CT molecular complexity index is 3330. The van der Waals surface area contributed by atoms with Crippen molar-refractivity contribution in [2.45, 2.75) is 90.4 Å². The molecule has 19 heteroatoms. The normalized spacial score (nSPS) is 16.5. The lowest BCUT2D eigenvalue weighted by Gasteiger charge is -2.30. The van der Waals surface area contributed by atoms with E-state index in [9.17, 15) is 19.2 Å². The van der Waals surface area contributed by atoms with Gasteiger partial charge in [0.1, 0.15) is 0 Å². The molecule has 4 atom stereocenters. The molecule has 2 saturated carbocycles. The van der Waals surface area contributed by atoms with Gasteiger partial charge in [-0.15, -0.1) is 0 Å². The number of amides is 3. The minimum Gasteiger partial charge on any atom is -0.399 e. The summed E-state index contributed by atoms with van der Waals surface area (Å²) in [5.41, 5.74) is 13.4. The van der Waals surface area contributed by atoms with Gasteiger partial charge in [-0.1, -0.05) is 87.6 Å². The van der Waals surface area contributed by atoms with Gasteiger partial charge in [-0.3, -0.25) is 19.2 Å².